The van der Waals surface area contributed by atoms with Crippen molar-refractivity contribution in [1.29, 1.82) is 0 Å². The van der Waals surface area contributed by atoms with E-state index in [0.29, 0.717) is 0 Å². The Balaban J connectivity index is 0.000000371. The van der Waals surface area contributed by atoms with Crippen LogP contribution in [0.5, 0.6) is 0 Å². The quantitative estimate of drug-likeness (QED) is 0.732. The van der Waals surface area contributed by atoms with Crippen LogP contribution < -0.4 is 0 Å². The number of aliphatic hydroxyl groups is 1. The normalized spacial score (nSPS) is 8.00. The van der Waals surface area contributed by atoms with E-state index in [9.17, 15) is 0 Å². The van der Waals surface area contributed by atoms with Gasteiger partial charge in [0.05, 0.1) is 0 Å². The lowest BCUT2D eigenvalue weighted by atomic mass is 10.5. The lowest BCUT2D eigenvalue weighted by Gasteiger charge is -1.86. The molecule has 0 radical (unpaired) electrons. The van der Waals surface area contributed by atoms with Crippen LogP contribution in [0.25, 0.3) is 0 Å². The molecule has 1 aromatic rings. The Morgan fingerprint density at radius 2 is 1.90 bits per heavy atom. The minimum Gasteiger partial charge on any atom is -0.400 e. The molecule has 4 heteroatoms. The van der Waals surface area contributed by atoms with Gasteiger partial charge in [0.25, 0.3) is 0 Å². The van der Waals surface area contributed by atoms with Gasteiger partial charge in [0, 0.05) is 17.8 Å². The van der Waals surface area contributed by atoms with Crippen LogP contribution in [0.2, 0.25) is 0 Å². The monoisotopic (exact) mass is 267 g/mol. The average molecular weight is 269 g/mol. The average Bonchev–Trinajstić information content (AvgIpc) is 2.00. The number of rotatable bonds is 0. The maximum atomic E-state index is 7.00. The highest BCUT2D eigenvalue weighted by Gasteiger charge is 1.84. The summed E-state index contributed by atoms with van der Waals surface area (Å²) in [6, 6.07) is 3.81. The van der Waals surface area contributed by atoms with E-state index in [1.165, 1.54) is 0 Å². The van der Waals surface area contributed by atoms with Crippen molar-refractivity contribution >= 4 is 31.9 Å². The van der Waals surface area contributed by atoms with Gasteiger partial charge in [-0.05, 0) is 44.0 Å². The van der Waals surface area contributed by atoms with E-state index in [2.05, 4.69) is 36.8 Å². The van der Waals surface area contributed by atoms with E-state index in [4.69, 9.17) is 5.11 Å². The summed E-state index contributed by atoms with van der Waals surface area (Å²) >= 11 is 6.48. The number of halogens is 2. The van der Waals surface area contributed by atoms with Crippen molar-refractivity contribution in [2.45, 2.75) is 0 Å². The van der Waals surface area contributed by atoms with E-state index < -0.39 is 0 Å². The predicted octanol–water partition coefficient (Wildman–Crippen LogP) is 2.22. The lowest BCUT2D eigenvalue weighted by Crippen LogP contribution is -1.70. The number of pyridine rings is 1. The van der Waals surface area contributed by atoms with Gasteiger partial charge in [-0.3, -0.25) is 0 Å². The van der Waals surface area contributed by atoms with Crippen LogP contribution in [0, 0.1) is 0 Å². The molecule has 0 unspecified atom stereocenters. The van der Waals surface area contributed by atoms with Gasteiger partial charge >= 0.3 is 0 Å². The molecule has 2 nitrogen and oxygen atoms in total. The van der Waals surface area contributed by atoms with Crippen LogP contribution in [0.4, 0.5) is 0 Å². The molecular weight excluding hydrogens is 262 g/mol. The second kappa shape index (κ2) is 5.82. The molecule has 0 saturated heterocycles. The molecule has 0 bridgehead atoms. The molecule has 0 aromatic carbocycles. The first-order valence-corrected chi connectivity index (χ1v) is 4.09. The molecule has 0 saturated carbocycles. The summed E-state index contributed by atoms with van der Waals surface area (Å²) in [5.74, 6) is 0. The van der Waals surface area contributed by atoms with E-state index in [0.717, 1.165) is 16.2 Å². The predicted molar refractivity (Wildman–Crippen MR) is 47.8 cm³/mol. The highest BCUT2D eigenvalue weighted by Crippen LogP contribution is 2.10. The molecule has 0 atom stereocenters. The first-order valence-electron chi connectivity index (χ1n) is 2.51. The van der Waals surface area contributed by atoms with E-state index >= 15 is 0 Å². The van der Waals surface area contributed by atoms with Crippen LogP contribution >= 0.6 is 31.9 Å². The smallest absolute Gasteiger partial charge is 0.106 e. The Hall–Kier alpha value is 0.0700. The molecule has 0 aliphatic heterocycles. The number of aliphatic hydroxyl groups excluding tert-OH is 1. The van der Waals surface area contributed by atoms with Gasteiger partial charge in [0.15, 0.2) is 0 Å². The highest BCUT2D eigenvalue weighted by molar-refractivity contribution is 9.11. The number of nitrogens with zero attached hydrogens (tertiary/aromatic N) is 1. The third-order valence-corrected chi connectivity index (χ3v) is 1.63. The Labute approximate surface area is 76.6 Å². The van der Waals surface area contributed by atoms with Crippen LogP contribution in [-0.4, -0.2) is 17.2 Å². The van der Waals surface area contributed by atoms with Gasteiger partial charge in [0.1, 0.15) is 4.60 Å². The summed E-state index contributed by atoms with van der Waals surface area (Å²) in [6.45, 7) is 0. The van der Waals surface area contributed by atoms with Gasteiger partial charge in [-0.1, -0.05) is 0 Å². The fraction of sp³-hybridized carbons (Fsp3) is 0.167. The molecule has 0 aliphatic carbocycles. The van der Waals surface area contributed by atoms with Gasteiger partial charge in [0.2, 0.25) is 0 Å². The standard InChI is InChI=1S/C5H3Br2N.CH4O/c6-4-1-2-5(7)8-3-4;1-2/h1-3H;2H,1H3. The van der Waals surface area contributed by atoms with E-state index in [1.54, 1.807) is 6.20 Å². The Kier molecular flexibility index (Phi) is 5.87. The van der Waals surface area contributed by atoms with Gasteiger partial charge < -0.3 is 5.11 Å². The molecule has 1 aromatic heterocycles. The molecule has 0 aliphatic rings. The first-order chi connectivity index (χ1) is 4.79. The molecule has 10 heavy (non-hydrogen) atoms. The van der Waals surface area contributed by atoms with Crippen molar-refractivity contribution in [3.05, 3.63) is 27.4 Å². The second-order valence-electron chi connectivity index (χ2n) is 1.30. The maximum Gasteiger partial charge on any atom is 0.106 e. The molecular formula is C6H7Br2NO. The van der Waals surface area contributed by atoms with Crippen molar-refractivity contribution in [2.75, 3.05) is 7.11 Å². The zero-order valence-electron chi connectivity index (χ0n) is 5.38. The minimum absolute atomic E-state index is 0.862. The van der Waals surface area contributed by atoms with Gasteiger partial charge in [-0.2, -0.15) is 0 Å². The van der Waals surface area contributed by atoms with E-state index in [-0.39, 0.29) is 0 Å². The van der Waals surface area contributed by atoms with Crippen LogP contribution in [0.15, 0.2) is 27.4 Å². The van der Waals surface area contributed by atoms with Crippen molar-refractivity contribution < 1.29 is 5.11 Å². The Morgan fingerprint density at radius 1 is 1.30 bits per heavy atom. The summed E-state index contributed by atoms with van der Waals surface area (Å²) in [4.78, 5) is 3.95. The number of hydrogen-bond acceptors (Lipinski definition) is 2. The zero-order chi connectivity index (χ0) is 7.98. The molecule has 1 rings (SSSR count). The van der Waals surface area contributed by atoms with Gasteiger partial charge in [-0.15, -0.1) is 0 Å². The lowest BCUT2D eigenvalue weighted by molar-refractivity contribution is 0.399. The molecule has 0 amide bonds. The molecule has 0 spiro atoms. The third kappa shape index (κ3) is 3.98. The summed E-state index contributed by atoms with van der Waals surface area (Å²) in [7, 11) is 1.00. The Bertz CT molecular complexity index is 155. The third-order valence-electron chi connectivity index (χ3n) is 0.691. The van der Waals surface area contributed by atoms with Crippen LogP contribution in [0.3, 0.4) is 0 Å². The highest BCUT2D eigenvalue weighted by atomic mass is 79.9. The summed E-state index contributed by atoms with van der Waals surface area (Å²) in [5, 5.41) is 7.00. The van der Waals surface area contributed by atoms with Gasteiger partial charge in [-0.25, -0.2) is 4.98 Å². The summed E-state index contributed by atoms with van der Waals surface area (Å²) < 4.78 is 1.86. The largest absolute Gasteiger partial charge is 0.400 e. The minimum atomic E-state index is 0.862. The summed E-state index contributed by atoms with van der Waals surface area (Å²) in [5.41, 5.74) is 0. The number of aromatic nitrogens is 1. The number of hydrogen-bond donors (Lipinski definition) is 1. The van der Waals surface area contributed by atoms with Crippen molar-refractivity contribution in [3.63, 3.8) is 0 Å². The second-order valence-corrected chi connectivity index (χ2v) is 3.03. The molecule has 1 heterocycles. The fourth-order valence-electron chi connectivity index (χ4n) is 0.358. The van der Waals surface area contributed by atoms with E-state index in [1.807, 2.05) is 12.1 Å². The topological polar surface area (TPSA) is 33.1 Å². The first kappa shape index (κ1) is 10.1. The zero-order valence-corrected chi connectivity index (χ0v) is 8.55. The van der Waals surface area contributed by atoms with Crippen molar-refractivity contribution in [2.24, 2.45) is 0 Å². The molecule has 0 fully saturated rings. The SMILES string of the molecule is Brc1ccc(Br)nc1.CO. The fourth-order valence-corrected chi connectivity index (χ4v) is 0.827. The van der Waals surface area contributed by atoms with Crippen LogP contribution in [0.1, 0.15) is 0 Å². The van der Waals surface area contributed by atoms with Crippen molar-refractivity contribution in [1.82, 2.24) is 4.98 Å². The molecule has 1 N–H and O–H groups in total. The van der Waals surface area contributed by atoms with Crippen molar-refractivity contribution in [3.8, 4) is 0 Å². The van der Waals surface area contributed by atoms with Crippen LogP contribution in [-0.2, 0) is 0 Å². The molecule has 56 valence electrons. The Morgan fingerprint density at radius 3 is 2.20 bits per heavy atom. The summed E-state index contributed by atoms with van der Waals surface area (Å²) in [6.07, 6.45) is 1.74. The maximum absolute atomic E-state index is 7.00.